The molecule has 0 bridgehead atoms. The van der Waals surface area contributed by atoms with E-state index in [-0.39, 0.29) is 18.0 Å². The van der Waals surface area contributed by atoms with Gasteiger partial charge >= 0.3 is 11.9 Å². The monoisotopic (exact) mass is 319 g/mol. The highest BCUT2D eigenvalue weighted by Crippen LogP contribution is 2.14. The standard InChI is InChI=1S/C11H17N3O6S/c1-8(11(16)17)5-13(2)21(18,19)9-4-12-14(6-9)7-10(15)20-3/h4,6,8H,5,7H2,1-3H3,(H,16,17). The number of carbonyl (C=O) groups excluding carboxylic acids is 1. The predicted molar refractivity (Wildman–Crippen MR) is 70.9 cm³/mol. The molecule has 1 heterocycles. The van der Waals surface area contributed by atoms with E-state index in [4.69, 9.17) is 5.11 Å². The molecule has 0 spiro atoms. The quantitative estimate of drug-likeness (QED) is 0.666. The number of carboxylic acids is 1. The summed E-state index contributed by atoms with van der Waals surface area (Å²) >= 11 is 0. The molecule has 0 aliphatic carbocycles. The molecule has 0 fully saturated rings. The maximum Gasteiger partial charge on any atom is 0.327 e. The molecule has 1 aromatic rings. The molecule has 0 saturated carbocycles. The van der Waals surface area contributed by atoms with Crippen molar-refractivity contribution in [2.75, 3.05) is 20.7 Å². The van der Waals surface area contributed by atoms with Gasteiger partial charge in [-0.15, -0.1) is 0 Å². The number of ether oxygens (including phenoxy) is 1. The summed E-state index contributed by atoms with van der Waals surface area (Å²) < 4.78 is 31.0. The van der Waals surface area contributed by atoms with Crippen molar-refractivity contribution < 1.29 is 27.9 Å². The van der Waals surface area contributed by atoms with E-state index in [1.807, 2.05) is 0 Å². The van der Waals surface area contributed by atoms with Crippen molar-refractivity contribution in [3.8, 4) is 0 Å². The number of esters is 1. The average Bonchev–Trinajstić information content (AvgIpc) is 2.87. The lowest BCUT2D eigenvalue weighted by atomic mass is 10.2. The lowest BCUT2D eigenvalue weighted by Gasteiger charge is -2.18. The number of carboxylic acid groups (broad SMARTS) is 1. The minimum absolute atomic E-state index is 0.119. The van der Waals surface area contributed by atoms with Crippen LogP contribution in [0.1, 0.15) is 6.92 Å². The van der Waals surface area contributed by atoms with E-state index in [1.54, 1.807) is 0 Å². The predicted octanol–water partition coefficient (Wildman–Crippen LogP) is -0.603. The van der Waals surface area contributed by atoms with Crippen molar-refractivity contribution in [1.82, 2.24) is 14.1 Å². The zero-order chi connectivity index (χ0) is 16.2. The number of aliphatic carboxylic acids is 1. The SMILES string of the molecule is COC(=O)Cn1cc(S(=O)(=O)N(C)CC(C)C(=O)O)cn1. The molecular formula is C11H17N3O6S. The Labute approximate surface area is 122 Å². The Balaban J connectivity index is 2.87. The zero-order valence-corrected chi connectivity index (χ0v) is 12.7. The van der Waals surface area contributed by atoms with E-state index < -0.39 is 27.9 Å². The van der Waals surface area contributed by atoms with E-state index in [0.29, 0.717) is 0 Å². The van der Waals surface area contributed by atoms with Gasteiger partial charge in [0.05, 0.1) is 19.2 Å². The number of methoxy groups -OCH3 is 1. The third-order valence-corrected chi connectivity index (χ3v) is 4.57. The molecule has 9 nitrogen and oxygen atoms in total. The number of carbonyl (C=O) groups is 2. The Morgan fingerprint density at radius 2 is 2.14 bits per heavy atom. The van der Waals surface area contributed by atoms with Crippen LogP contribution in [0.25, 0.3) is 0 Å². The Hall–Kier alpha value is -1.94. The molecule has 0 amide bonds. The molecule has 1 rings (SSSR count). The normalized spacial score (nSPS) is 13.1. The van der Waals surface area contributed by atoms with E-state index >= 15 is 0 Å². The number of hydrogen-bond acceptors (Lipinski definition) is 6. The summed E-state index contributed by atoms with van der Waals surface area (Å²) in [5.74, 6) is -2.48. The number of sulfonamides is 1. The van der Waals surface area contributed by atoms with Crippen LogP contribution >= 0.6 is 0 Å². The highest BCUT2D eigenvalue weighted by Gasteiger charge is 2.26. The number of hydrogen-bond donors (Lipinski definition) is 1. The number of aromatic nitrogens is 2. The molecule has 0 aliphatic heterocycles. The Morgan fingerprint density at radius 3 is 2.67 bits per heavy atom. The molecular weight excluding hydrogens is 302 g/mol. The Morgan fingerprint density at radius 1 is 1.52 bits per heavy atom. The molecule has 10 heteroatoms. The van der Waals surface area contributed by atoms with Crippen molar-refractivity contribution in [3.05, 3.63) is 12.4 Å². The van der Waals surface area contributed by atoms with Gasteiger partial charge in [-0.1, -0.05) is 6.92 Å². The molecule has 0 aromatic carbocycles. The van der Waals surface area contributed by atoms with Gasteiger partial charge in [-0.2, -0.15) is 9.40 Å². The third-order valence-electron chi connectivity index (χ3n) is 2.79. The minimum Gasteiger partial charge on any atom is -0.481 e. The van der Waals surface area contributed by atoms with Crippen molar-refractivity contribution in [1.29, 1.82) is 0 Å². The van der Waals surface area contributed by atoms with Crippen LogP contribution in [0.2, 0.25) is 0 Å². The van der Waals surface area contributed by atoms with Crippen molar-refractivity contribution in [2.24, 2.45) is 5.92 Å². The first-order valence-electron chi connectivity index (χ1n) is 5.97. The van der Waals surface area contributed by atoms with Gasteiger partial charge in [-0.05, 0) is 0 Å². The van der Waals surface area contributed by atoms with Crippen LogP contribution < -0.4 is 0 Å². The summed E-state index contributed by atoms with van der Waals surface area (Å²) in [6, 6.07) is 0. The van der Waals surface area contributed by atoms with Crippen LogP contribution in [-0.2, 0) is 30.9 Å². The minimum atomic E-state index is -3.85. The first kappa shape index (κ1) is 17.1. The van der Waals surface area contributed by atoms with Crippen LogP contribution in [0.3, 0.4) is 0 Å². The highest BCUT2D eigenvalue weighted by molar-refractivity contribution is 7.89. The Kier molecular flexibility index (Phi) is 5.44. The molecule has 0 aliphatic rings. The summed E-state index contributed by atoms with van der Waals surface area (Å²) in [4.78, 5) is 21.7. The summed E-state index contributed by atoms with van der Waals surface area (Å²) in [5, 5.41) is 12.6. The van der Waals surface area contributed by atoms with Crippen molar-refractivity contribution in [3.63, 3.8) is 0 Å². The van der Waals surface area contributed by atoms with Crippen molar-refractivity contribution >= 4 is 22.0 Å². The van der Waals surface area contributed by atoms with Crippen LogP contribution in [-0.4, -0.2) is 60.3 Å². The second kappa shape index (κ2) is 6.68. The van der Waals surface area contributed by atoms with E-state index in [2.05, 4.69) is 9.84 Å². The first-order chi connectivity index (χ1) is 9.68. The average molecular weight is 319 g/mol. The first-order valence-corrected chi connectivity index (χ1v) is 7.41. The zero-order valence-electron chi connectivity index (χ0n) is 11.9. The Bertz CT molecular complexity index is 624. The van der Waals surface area contributed by atoms with Crippen molar-refractivity contribution in [2.45, 2.75) is 18.4 Å². The van der Waals surface area contributed by atoms with Gasteiger partial charge < -0.3 is 9.84 Å². The molecule has 1 aromatic heterocycles. The van der Waals surface area contributed by atoms with Crippen LogP contribution in [0.4, 0.5) is 0 Å². The lowest BCUT2D eigenvalue weighted by Crippen LogP contribution is -2.33. The second-order valence-corrected chi connectivity index (χ2v) is 6.52. The summed E-state index contributed by atoms with van der Waals surface area (Å²) in [7, 11) is -1.36. The van der Waals surface area contributed by atoms with Gasteiger partial charge in [0.2, 0.25) is 10.0 Å². The van der Waals surface area contributed by atoms with Gasteiger partial charge in [0.25, 0.3) is 0 Å². The summed E-state index contributed by atoms with van der Waals surface area (Å²) in [5.41, 5.74) is 0. The van der Waals surface area contributed by atoms with Gasteiger partial charge in [0.1, 0.15) is 11.4 Å². The second-order valence-electron chi connectivity index (χ2n) is 4.47. The highest BCUT2D eigenvalue weighted by atomic mass is 32.2. The van der Waals surface area contributed by atoms with E-state index in [0.717, 1.165) is 15.2 Å². The van der Waals surface area contributed by atoms with Gasteiger partial charge in [-0.25, -0.2) is 8.42 Å². The number of nitrogens with zero attached hydrogens (tertiary/aromatic N) is 3. The van der Waals surface area contributed by atoms with E-state index in [1.165, 1.54) is 27.3 Å². The number of rotatable bonds is 7. The molecule has 1 N–H and O–H groups in total. The van der Waals surface area contributed by atoms with Gasteiger partial charge in [-0.3, -0.25) is 14.3 Å². The van der Waals surface area contributed by atoms with Crippen LogP contribution in [0.5, 0.6) is 0 Å². The van der Waals surface area contributed by atoms with Crippen LogP contribution in [0.15, 0.2) is 17.3 Å². The molecule has 0 saturated heterocycles. The van der Waals surface area contributed by atoms with E-state index in [9.17, 15) is 18.0 Å². The molecule has 0 radical (unpaired) electrons. The molecule has 1 atom stereocenters. The van der Waals surface area contributed by atoms with Crippen LogP contribution in [0, 0.1) is 5.92 Å². The molecule has 21 heavy (non-hydrogen) atoms. The maximum atomic E-state index is 12.2. The largest absolute Gasteiger partial charge is 0.481 e. The fourth-order valence-corrected chi connectivity index (χ4v) is 2.72. The summed E-state index contributed by atoms with van der Waals surface area (Å²) in [6.07, 6.45) is 2.29. The molecule has 118 valence electrons. The van der Waals surface area contributed by atoms with Gasteiger partial charge in [0, 0.05) is 19.8 Å². The molecule has 1 unspecified atom stereocenters. The van der Waals surface area contributed by atoms with Gasteiger partial charge in [0.15, 0.2) is 0 Å². The topological polar surface area (TPSA) is 119 Å². The third kappa shape index (κ3) is 4.26. The maximum absolute atomic E-state index is 12.2. The fraction of sp³-hybridized carbons (Fsp3) is 0.545. The summed E-state index contributed by atoms with van der Waals surface area (Å²) in [6.45, 7) is 1.04. The smallest absolute Gasteiger partial charge is 0.327 e. The lowest BCUT2D eigenvalue weighted by molar-refractivity contribution is -0.142. The fourth-order valence-electron chi connectivity index (χ4n) is 1.50.